The van der Waals surface area contributed by atoms with Crippen LogP contribution in [0.25, 0.3) is 0 Å². The number of guanidine groups is 1. The lowest BCUT2D eigenvalue weighted by Gasteiger charge is -2.38. The van der Waals surface area contributed by atoms with Crippen molar-refractivity contribution >= 4 is 5.96 Å². The van der Waals surface area contributed by atoms with Crippen molar-refractivity contribution in [2.75, 3.05) is 34.4 Å². The normalized spacial score (nSPS) is 17.2. The average Bonchev–Trinajstić information content (AvgIpc) is 2.65. The molecule has 5 nitrogen and oxygen atoms in total. The maximum Gasteiger partial charge on any atom is 0.190 e. The summed E-state index contributed by atoms with van der Waals surface area (Å²) in [5.74, 6) is 2.45. The van der Waals surface area contributed by atoms with Crippen LogP contribution in [-0.4, -0.2) is 40.3 Å². The molecule has 1 saturated carbocycles. The highest BCUT2D eigenvalue weighted by atomic mass is 16.5. The molecule has 134 valence electrons. The van der Waals surface area contributed by atoms with E-state index < -0.39 is 0 Å². The van der Waals surface area contributed by atoms with Gasteiger partial charge in [0.1, 0.15) is 0 Å². The lowest BCUT2D eigenvalue weighted by Crippen LogP contribution is -2.46. The molecule has 0 saturated heterocycles. The van der Waals surface area contributed by atoms with E-state index in [0.29, 0.717) is 0 Å². The van der Waals surface area contributed by atoms with Gasteiger partial charge in [-0.25, -0.2) is 0 Å². The summed E-state index contributed by atoms with van der Waals surface area (Å²) in [5.41, 5.74) is 1.43. The number of nitrogens with one attached hydrogen (secondary N) is 2. The molecular formula is C19H31N3O2. The zero-order valence-electron chi connectivity index (χ0n) is 15.4. The van der Waals surface area contributed by atoms with Crippen molar-refractivity contribution in [3.63, 3.8) is 0 Å². The quantitative estimate of drug-likeness (QED) is 0.620. The summed E-state index contributed by atoms with van der Waals surface area (Å²) in [6.45, 7) is 3.82. The van der Waals surface area contributed by atoms with E-state index in [4.69, 9.17) is 9.47 Å². The van der Waals surface area contributed by atoms with Crippen molar-refractivity contribution in [2.24, 2.45) is 4.99 Å². The van der Waals surface area contributed by atoms with Crippen LogP contribution in [0.15, 0.2) is 23.2 Å². The van der Waals surface area contributed by atoms with Gasteiger partial charge in [-0.1, -0.05) is 25.3 Å². The summed E-state index contributed by atoms with van der Waals surface area (Å²) in [7, 11) is 5.19. The van der Waals surface area contributed by atoms with Gasteiger partial charge in [0.15, 0.2) is 17.5 Å². The molecule has 1 aliphatic rings. The zero-order chi connectivity index (χ0) is 17.4. The lowest BCUT2D eigenvalue weighted by molar-refractivity contribution is 0.288. The van der Waals surface area contributed by atoms with Crippen LogP contribution in [0.1, 0.15) is 44.6 Å². The molecule has 2 N–H and O–H groups in total. The minimum absolute atomic E-state index is 0.114. The number of hydrogen-bond acceptors (Lipinski definition) is 3. The van der Waals surface area contributed by atoms with Gasteiger partial charge in [-0.2, -0.15) is 0 Å². The zero-order valence-corrected chi connectivity index (χ0v) is 15.4. The van der Waals surface area contributed by atoms with Crippen molar-refractivity contribution in [3.05, 3.63) is 23.8 Å². The van der Waals surface area contributed by atoms with Crippen molar-refractivity contribution < 1.29 is 9.47 Å². The van der Waals surface area contributed by atoms with Crippen LogP contribution in [0.3, 0.4) is 0 Å². The second-order valence-electron chi connectivity index (χ2n) is 6.37. The molecule has 24 heavy (non-hydrogen) atoms. The molecule has 0 atom stereocenters. The first-order chi connectivity index (χ1) is 11.7. The molecule has 1 aromatic carbocycles. The fraction of sp³-hybridized carbons (Fsp3) is 0.632. The van der Waals surface area contributed by atoms with Crippen LogP contribution in [-0.2, 0) is 5.41 Å². The predicted molar refractivity (Wildman–Crippen MR) is 99.3 cm³/mol. The Labute approximate surface area is 145 Å². The molecule has 0 aliphatic heterocycles. The highest BCUT2D eigenvalue weighted by molar-refractivity contribution is 5.79. The minimum Gasteiger partial charge on any atom is -0.493 e. The Morgan fingerprint density at radius 1 is 1.08 bits per heavy atom. The van der Waals surface area contributed by atoms with Crippen molar-refractivity contribution in [3.8, 4) is 11.5 Å². The van der Waals surface area contributed by atoms with E-state index in [2.05, 4.69) is 34.7 Å². The molecule has 1 aliphatic carbocycles. The summed E-state index contributed by atoms with van der Waals surface area (Å²) in [6, 6.07) is 6.34. The maximum absolute atomic E-state index is 5.52. The van der Waals surface area contributed by atoms with Gasteiger partial charge in [-0.3, -0.25) is 4.99 Å². The third kappa shape index (κ3) is 4.13. The molecule has 0 spiro atoms. The van der Waals surface area contributed by atoms with Gasteiger partial charge < -0.3 is 20.1 Å². The standard InChI is InChI=1S/C19H31N3O2/c1-5-21-18(20-2)22-14-19(11-7-6-8-12-19)15-9-10-16(23-3)17(13-15)24-4/h9-10,13H,5-8,11-12,14H2,1-4H3,(H2,20,21,22). The van der Waals surface area contributed by atoms with Crippen molar-refractivity contribution in [2.45, 2.75) is 44.4 Å². The van der Waals surface area contributed by atoms with Gasteiger partial charge in [-0.05, 0) is 37.5 Å². The predicted octanol–water partition coefficient (Wildman–Crippen LogP) is 3.09. The van der Waals surface area contributed by atoms with Crippen LogP contribution in [0.4, 0.5) is 0 Å². The molecule has 0 amide bonds. The van der Waals surface area contributed by atoms with Crippen LogP contribution >= 0.6 is 0 Å². The number of hydrogen-bond donors (Lipinski definition) is 2. The minimum atomic E-state index is 0.114. The second kappa shape index (κ2) is 8.81. The van der Waals surface area contributed by atoms with E-state index in [1.807, 2.05) is 13.1 Å². The Kier molecular flexibility index (Phi) is 6.76. The lowest BCUT2D eigenvalue weighted by atomic mass is 9.69. The molecule has 0 bridgehead atoms. The molecule has 0 radical (unpaired) electrons. The summed E-state index contributed by atoms with van der Waals surface area (Å²) in [5, 5.41) is 6.79. The molecule has 0 heterocycles. The van der Waals surface area contributed by atoms with Crippen LogP contribution < -0.4 is 20.1 Å². The van der Waals surface area contributed by atoms with Crippen LogP contribution in [0, 0.1) is 0 Å². The summed E-state index contributed by atoms with van der Waals surface area (Å²) in [6.07, 6.45) is 6.19. The SMILES string of the molecule is CCNC(=NC)NCC1(c2ccc(OC)c(OC)c2)CCCCC1. The molecule has 0 unspecified atom stereocenters. The molecule has 5 heteroatoms. The summed E-state index contributed by atoms with van der Waals surface area (Å²) < 4.78 is 10.9. The van der Waals surface area contributed by atoms with Crippen molar-refractivity contribution in [1.82, 2.24) is 10.6 Å². The highest BCUT2D eigenvalue weighted by Crippen LogP contribution is 2.42. The van der Waals surface area contributed by atoms with E-state index in [1.54, 1.807) is 14.2 Å². The second-order valence-corrected chi connectivity index (χ2v) is 6.37. The fourth-order valence-electron chi connectivity index (χ4n) is 3.60. The third-order valence-corrected chi connectivity index (χ3v) is 4.97. The fourth-order valence-corrected chi connectivity index (χ4v) is 3.60. The Morgan fingerprint density at radius 3 is 2.38 bits per heavy atom. The number of nitrogens with zero attached hydrogens (tertiary/aromatic N) is 1. The monoisotopic (exact) mass is 333 g/mol. The Morgan fingerprint density at radius 2 is 1.79 bits per heavy atom. The molecule has 2 rings (SSSR count). The van der Waals surface area contributed by atoms with Gasteiger partial charge in [0.25, 0.3) is 0 Å². The molecular weight excluding hydrogens is 302 g/mol. The number of benzene rings is 1. The van der Waals surface area contributed by atoms with E-state index in [-0.39, 0.29) is 5.41 Å². The largest absolute Gasteiger partial charge is 0.493 e. The third-order valence-electron chi connectivity index (χ3n) is 4.97. The number of methoxy groups -OCH3 is 2. The van der Waals surface area contributed by atoms with E-state index >= 15 is 0 Å². The van der Waals surface area contributed by atoms with Gasteiger partial charge in [0.2, 0.25) is 0 Å². The Hall–Kier alpha value is -1.91. The molecule has 0 aromatic heterocycles. The first-order valence-corrected chi connectivity index (χ1v) is 8.86. The maximum atomic E-state index is 5.52. The molecule has 1 aromatic rings. The smallest absolute Gasteiger partial charge is 0.190 e. The van der Waals surface area contributed by atoms with Crippen LogP contribution in [0.5, 0.6) is 11.5 Å². The highest BCUT2D eigenvalue weighted by Gasteiger charge is 2.34. The van der Waals surface area contributed by atoms with Gasteiger partial charge in [0.05, 0.1) is 14.2 Å². The number of ether oxygens (including phenoxy) is 2. The van der Waals surface area contributed by atoms with Crippen LogP contribution in [0.2, 0.25) is 0 Å². The van der Waals surface area contributed by atoms with E-state index in [0.717, 1.165) is 30.5 Å². The first kappa shape index (κ1) is 18.4. The van der Waals surface area contributed by atoms with E-state index in [1.165, 1.54) is 37.7 Å². The number of rotatable bonds is 6. The summed E-state index contributed by atoms with van der Waals surface area (Å²) in [4.78, 5) is 4.30. The van der Waals surface area contributed by atoms with E-state index in [9.17, 15) is 0 Å². The number of aliphatic imine (C=N–C) groups is 1. The van der Waals surface area contributed by atoms with Gasteiger partial charge in [-0.15, -0.1) is 0 Å². The van der Waals surface area contributed by atoms with Crippen molar-refractivity contribution in [1.29, 1.82) is 0 Å². The Bertz CT molecular complexity index is 552. The van der Waals surface area contributed by atoms with Gasteiger partial charge >= 0.3 is 0 Å². The Balaban J connectivity index is 2.27. The van der Waals surface area contributed by atoms with Gasteiger partial charge in [0, 0.05) is 25.6 Å². The first-order valence-electron chi connectivity index (χ1n) is 8.86. The average molecular weight is 333 g/mol. The molecule has 1 fully saturated rings. The topological polar surface area (TPSA) is 54.9 Å². The summed E-state index contributed by atoms with van der Waals surface area (Å²) >= 11 is 0.